The number of hydrogen-bond acceptors (Lipinski definition) is 3. The highest BCUT2D eigenvalue weighted by molar-refractivity contribution is 6.30. The van der Waals surface area contributed by atoms with Crippen molar-refractivity contribution in [1.82, 2.24) is 14.9 Å². The van der Waals surface area contributed by atoms with E-state index >= 15 is 0 Å². The van der Waals surface area contributed by atoms with Gasteiger partial charge in [-0.2, -0.15) is 9.78 Å². The summed E-state index contributed by atoms with van der Waals surface area (Å²) in [6, 6.07) is 17.3. The zero-order valence-electron chi connectivity index (χ0n) is 10.5. The van der Waals surface area contributed by atoms with E-state index in [-0.39, 0.29) is 0 Å². The lowest BCUT2D eigenvalue weighted by Crippen LogP contribution is -1.93. The Balaban J connectivity index is 1.89. The van der Waals surface area contributed by atoms with Gasteiger partial charge in [0.2, 0.25) is 0 Å². The summed E-state index contributed by atoms with van der Waals surface area (Å²) < 4.78 is 1.64. The van der Waals surface area contributed by atoms with E-state index in [1.54, 1.807) is 17.2 Å². The molecular formula is C15H11ClN4. The Kier molecular flexibility index (Phi) is 3.56. The Morgan fingerprint density at radius 3 is 2.50 bits per heavy atom. The third-order valence-corrected chi connectivity index (χ3v) is 3.02. The highest BCUT2D eigenvalue weighted by Crippen LogP contribution is 2.15. The molecule has 0 atom stereocenters. The van der Waals surface area contributed by atoms with E-state index in [1.165, 1.54) is 0 Å². The number of aromatic nitrogens is 3. The summed E-state index contributed by atoms with van der Waals surface area (Å²) in [5.41, 5.74) is 1.93. The fourth-order valence-corrected chi connectivity index (χ4v) is 1.90. The van der Waals surface area contributed by atoms with Crippen LogP contribution in [0.1, 0.15) is 5.56 Å². The summed E-state index contributed by atoms with van der Waals surface area (Å²) in [5.74, 6) is 0.704. The number of halogens is 1. The smallest absolute Gasteiger partial charge is 0.184 e. The molecule has 98 valence electrons. The molecule has 3 aromatic rings. The summed E-state index contributed by atoms with van der Waals surface area (Å²) >= 11 is 5.85. The number of nitrogens with zero attached hydrogens (tertiary/aromatic N) is 4. The van der Waals surface area contributed by atoms with Gasteiger partial charge in [0, 0.05) is 10.6 Å². The van der Waals surface area contributed by atoms with Crippen LogP contribution in [0.4, 0.5) is 0 Å². The Hall–Kier alpha value is -2.46. The van der Waals surface area contributed by atoms with Gasteiger partial charge in [-0.15, -0.1) is 10.2 Å². The van der Waals surface area contributed by atoms with Gasteiger partial charge >= 0.3 is 0 Å². The second-order valence-electron chi connectivity index (χ2n) is 4.16. The van der Waals surface area contributed by atoms with Crippen LogP contribution >= 0.6 is 11.6 Å². The molecule has 0 aliphatic rings. The average Bonchev–Trinajstić information content (AvgIpc) is 2.96. The van der Waals surface area contributed by atoms with E-state index in [4.69, 9.17) is 11.6 Å². The molecule has 0 bridgehead atoms. The molecule has 0 aliphatic carbocycles. The molecule has 0 N–H and O–H groups in total. The molecule has 4 nitrogen and oxygen atoms in total. The van der Waals surface area contributed by atoms with Crippen molar-refractivity contribution in [3.63, 3.8) is 0 Å². The van der Waals surface area contributed by atoms with Crippen LogP contribution in [0.15, 0.2) is 66.0 Å². The lowest BCUT2D eigenvalue weighted by molar-refractivity contribution is 0.888. The van der Waals surface area contributed by atoms with Crippen molar-refractivity contribution in [3.8, 4) is 11.4 Å². The van der Waals surface area contributed by atoms with Gasteiger partial charge in [0.15, 0.2) is 5.82 Å². The molecule has 0 radical (unpaired) electrons. The monoisotopic (exact) mass is 282 g/mol. The van der Waals surface area contributed by atoms with Crippen molar-refractivity contribution in [2.24, 2.45) is 5.10 Å². The molecule has 0 aliphatic heterocycles. The Bertz CT molecular complexity index is 717. The highest BCUT2D eigenvalue weighted by atomic mass is 35.5. The number of benzene rings is 2. The molecule has 1 aromatic heterocycles. The normalized spacial score (nSPS) is 11.1. The van der Waals surface area contributed by atoms with Crippen LogP contribution < -0.4 is 0 Å². The topological polar surface area (TPSA) is 43.1 Å². The third-order valence-electron chi connectivity index (χ3n) is 2.76. The van der Waals surface area contributed by atoms with E-state index in [1.807, 2.05) is 54.6 Å². The Labute approximate surface area is 121 Å². The molecule has 3 rings (SSSR count). The maximum atomic E-state index is 5.85. The van der Waals surface area contributed by atoms with Crippen LogP contribution in [0.25, 0.3) is 11.4 Å². The van der Waals surface area contributed by atoms with Gasteiger partial charge in [-0.25, -0.2) is 0 Å². The van der Waals surface area contributed by atoms with Crippen molar-refractivity contribution >= 4 is 17.8 Å². The van der Waals surface area contributed by atoms with E-state index in [9.17, 15) is 0 Å². The lowest BCUT2D eigenvalue weighted by Gasteiger charge is -2.00. The molecule has 0 saturated heterocycles. The molecule has 20 heavy (non-hydrogen) atoms. The van der Waals surface area contributed by atoms with Crippen LogP contribution in [0, 0.1) is 0 Å². The van der Waals surface area contributed by atoms with Crippen molar-refractivity contribution in [2.45, 2.75) is 0 Å². The predicted molar refractivity (Wildman–Crippen MR) is 79.9 cm³/mol. The molecule has 0 amide bonds. The first-order valence-corrected chi connectivity index (χ1v) is 6.46. The quantitative estimate of drug-likeness (QED) is 0.690. The second kappa shape index (κ2) is 5.67. The van der Waals surface area contributed by atoms with Gasteiger partial charge < -0.3 is 0 Å². The molecule has 5 heteroatoms. The minimum atomic E-state index is 0.704. The van der Waals surface area contributed by atoms with E-state index < -0.39 is 0 Å². The van der Waals surface area contributed by atoms with Crippen LogP contribution in [0.2, 0.25) is 5.02 Å². The number of hydrogen-bond donors (Lipinski definition) is 0. The van der Waals surface area contributed by atoms with Crippen LogP contribution in [0.3, 0.4) is 0 Å². The van der Waals surface area contributed by atoms with Crippen molar-refractivity contribution in [1.29, 1.82) is 0 Å². The Morgan fingerprint density at radius 2 is 1.75 bits per heavy atom. The van der Waals surface area contributed by atoms with E-state index in [0.717, 1.165) is 11.1 Å². The summed E-state index contributed by atoms with van der Waals surface area (Å²) in [5, 5.41) is 13.1. The van der Waals surface area contributed by atoms with Gasteiger partial charge in [-0.05, 0) is 17.7 Å². The largest absolute Gasteiger partial charge is 0.200 e. The van der Waals surface area contributed by atoms with Gasteiger partial charge in [-0.1, -0.05) is 54.1 Å². The average molecular weight is 283 g/mol. The molecule has 2 aromatic carbocycles. The maximum absolute atomic E-state index is 5.85. The molecule has 1 heterocycles. The molecule has 0 unspecified atom stereocenters. The SMILES string of the molecule is Clc1ccc(/C=N\n2cnnc2-c2ccccc2)cc1. The zero-order valence-corrected chi connectivity index (χ0v) is 11.3. The summed E-state index contributed by atoms with van der Waals surface area (Å²) in [6.07, 6.45) is 3.32. The first-order valence-electron chi connectivity index (χ1n) is 6.08. The van der Waals surface area contributed by atoms with Crippen LogP contribution in [0.5, 0.6) is 0 Å². The van der Waals surface area contributed by atoms with Gasteiger partial charge in [0.05, 0.1) is 6.21 Å². The first-order chi connectivity index (χ1) is 9.83. The van der Waals surface area contributed by atoms with Crippen LogP contribution in [-0.2, 0) is 0 Å². The van der Waals surface area contributed by atoms with Crippen molar-refractivity contribution < 1.29 is 0 Å². The summed E-state index contributed by atoms with van der Waals surface area (Å²) in [6.45, 7) is 0. The second-order valence-corrected chi connectivity index (χ2v) is 4.60. The van der Waals surface area contributed by atoms with E-state index in [2.05, 4.69) is 15.3 Å². The first kappa shape index (κ1) is 12.6. The fourth-order valence-electron chi connectivity index (χ4n) is 1.77. The maximum Gasteiger partial charge on any atom is 0.184 e. The number of rotatable bonds is 3. The minimum Gasteiger partial charge on any atom is -0.200 e. The predicted octanol–water partition coefficient (Wildman–Crippen LogP) is 3.48. The van der Waals surface area contributed by atoms with Gasteiger partial charge in [0.25, 0.3) is 0 Å². The fraction of sp³-hybridized carbons (Fsp3) is 0. The van der Waals surface area contributed by atoms with E-state index in [0.29, 0.717) is 10.8 Å². The van der Waals surface area contributed by atoms with Crippen molar-refractivity contribution in [2.75, 3.05) is 0 Å². The summed E-state index contributed by atoms with van der Waals surface area (Å²) in [4.78, 5) is 0. The standard InChI is InChI=1S/C15H11ClN4/c16-14-8-6-12(7-9-14)10-18-20-11-17-19-15(20)13-4-2-1-3-5-13/h1-11H/b18-10-. The molecule has 0 saturated carbocycles. The minimum absolute atomic E-state index is 0.704. The molecule has 0 fully saturated rings. The lowest BCUT2D eigenvalue weighted by atomic mass is 10.2. The highest BCUT2D eigenvalue weighted by Gasteiger charge is 2.04. The van der Waals surface area contributed by atoms with Gasteiger partial charge in [-0.3, -0.25) is 0 Å². The molecule has 0 spiro atoms. The molecular weight excluding hydrogens is 272 g/mol. The van der Waals surface area contributed by atoms with Gasteiger partial charge in [0.1, 0.15) is 6.33 Å². The zero-order chi connectivity index (χ0) is 13.8. The Morgan fingerprint density at radius 1 is 1.00 bits per heavy atom. The van der Waals surface area contributed by atoms with Crippen molar-refractivity contribution in [3.05, 3.63) is 71.5 Å². The summed E-state index contributed by atoms with van der Waals surface area (Å²) in [7, 11) is 0. The third kappa shape index (κ3) is 2.75. The van der Waals surface area contributed by atoms with Crippen LogP contribution in [-0.4, -0.2) is 21.1 Å².